The molecule has 0 radical (unpaired) electrons. The minimum atomic E-state index is -3.46. The monoisotopic (exact) mass is 300 g/mol. The van der Waals surface area contributed by atoms with Crippen LogP contribution in [-0.4, -0.2) is 31.3 Å². The predicted octanol–water partition coefficient (Wildman–Crippen LogP) is 3.62. The number of rotatable bonds is 7. The van der Waals surface area contributed by atoms with E-state index in [9.17, 15) is 9.13 Å². The van der Waals surface area contributed by atoms with Gasteiger partial charge in [-0.3, -0.25) is 13.7 Å². The van der Waals surface area contributed by atoms with Crippen LogP contribution in [0.3, 0.4) is 0 Å². The van der Waals surface area contributed by atoms with Crippen molar-refractivity contribution in [2.45, 2.75) is 39.5 Å². The lowest BCUT2D eigenvalue weighted by Crippen LogP contribution is -2.25. The molecule has 8 heteroatoms. The van der Waals surface area contributed by atoms with Crippen molar-refractivity contribution in [3.63, 3.8) is 0 Å². The molecule has 0 aromatic rings. The van der Waals surface area contributed by atoms with Crippen LogP contribution in [0.25, 0.3) is 0 Å². The Morgan fingerprint density at radius 1 is 1.22 bits per heavy atom. The average Bonchev–Trinajstić information content (AvgIpc) is 2.58. The molecule has 1 aliphatic rings. The summed E-state index contributed by atoms with van der Waals surface area (Å²) in [6, 6.07) is 0. The van der Waals surface area contributed by atoms with E-state index in [2.05, 4.69) is 0 Å². The molecule has 0 bridgehead atoms. The first kappa shape index (κ1) is 16.4. The fourth-order valence-electron chi connectivity index (χ4n) is 1.86. The Labute approximate surface area is 108 Å². The zero-order valence-corrected chi connectivity index (χ0v) is 13.2. The summed E-state index contributed by atoms with van der Waals surface area (Å²) in [6.07, 6.45) is 0.572. The summed E-state index contributed by atoms with van der Waals surface area (Å²) < 4.78 is 46.0. The minimum Gasteiger partial charge on any atom is -0.309 e. The molecular formula is C10H22O6P2. The van der Waals surface area contributed by atoms with Crippen molar-refractivity contribution in [2.24, 2.45) is 0 Å². The van der Waals surface area contributed by atoms with Crippen LogP contribution in [0.5, 0.6) is 0 Å². The van der Waals surface area contributed by atoms with Gasteiger partial charge in [0.1, 0.15) is 0 Å². The Balaban J connectivity index is 2.93. The Morgan fingerprint density at radius 2 is 1.78 bits per heavy atom. The molecule has 1 heterocycles. The molecule has 0 aromatic heterocycles. The van der Waals surface area contributed by atoms with Gasteiger partial charge in [0, 0.05) is 0 Å². The van der Waals surface area contributed by atoms with Crippen molar-refractivity contribution >= 4 is 15.2 Å². The molecule has 6 nitrogen and oxygen atoms in total. The van der Waals surface area contributed by atoms with E-state index < -0.39 is 20.5 Å². The second-order valence-electron chi connectivity index (χ2n) is 4.10. The Morgan fingerprint density at radius 3 is 2.22 bits per heavy atom. The third-order valence-electron chi connectivity index (χ3n) is 2.69. The smallest absolute Gasteiger partial charge is 0.309 e. The molecule has 0 spiro atoms. The molecule has 108 valence electrons. The summed E-state index contributed by atoms with van der Waals surface area (Å²) in [6.45, 7) is 7.59. The maximum Gasteiger partial charge on any atom is 0.362 e. The van der Waals surface area contributed by atoms with E-state index >= 15 is 0 Å². The molecule has 1 rings (SSSR count). The zero-order valence-electron chi connectivity index (χ0n) is 11.4. The molecule has 0 N–H and O–H groups in total. The summed E-state index contributed by atoms with van der Waals surface area (Å²) in [4.78, 5) is 0. The van der Waals surface area contributed by atoms with Crippen molar-refractivity contribution in [2.75, 3.05) is 26.0 Å². The van der Waals surface area contributed by atoms with E-state index in [4.69, 9.17) is 18.1 Å². The molecule has 1 fully saturated rings. The third-order valence-corrected chi connectivity index (χ3v) is 7.61. The summed E-state index contributed by atoms with van der Waals surface area (Å²) >= 11 is 0. The zero-order chi connectivity index (χ0) is 13.9. The van der Waals surface area contributed by atoms with E-state index in [1.165, 1.54) is 0 Å². The van der Waals surface area contributed by atoms with Crippen molar-refractivity contribution in [1.82, 2.24) is 0 Å². The van der Waals surface area contributed by atoms with E-state index in [0.717, 1.165) is 0 Å². The molecule has 0 saturated carbocycles. The van der Waals surface area contributed by atoms with Gasteiger partial charge in [0.25, 0.3) is 0 Å². The lowest BCUT2D eigenvalue weighted by molar-refractivity contribution is 0.101. The van der Waals surface area contributed by atoms with Gasteiger partial charge < -0.3 is 13.6 Å². The van der Waals surface area contributed by atoms with Crippen molar-refractivity contribution in [3.8, 4) is 0 Å². The summed E-state index contributed by atoms with van der Waals surface area (Å²) in [5.74, 6) is 0. The summed E-state index contributed by atoms with van der Waals surface area (Å²) in [5, 5.41) is -1.19. The van der Waals surface area contributed by atoms with Crippen LogP contribution in [0.15, 0.2) is 0 Å². The molecule has 0 aliphatic carbocycles. The second kappa shape index (κ2) is 6.17. The normalized spacial score (nSPS) is 32.9. The van der Waals surface area contributed by atoms with E-state index in [0.29, 0.717) is 13.0 Å². The SMILES string of the molecule is CCOP1(=O)CCC(C)(P(=O)(OCC)OCC)O1. The van der Waals surface area contributed by atoms with Gasteiger partial charge >= 0.3 is 15.2 Å². The van der Waals surface area contributed by atoms with Gasteiger partial charge in [-0.1, -0.05) is 0 Å². The van der Waals surface area contributed by atoms with Crippen LogP contribution in [0, 0.1) is 0 Å². The fraction of sp³-hybridized carbons (Fsp3) is 1.00. The largest absolute Gasteiger partial charge is 0.362 e. The highest BCUT2D eigenvalue weighted by atomic mass is 31.2. The van der Waals surface area contributed by atoms with Crippen LogP contribution in [0.1, 0.15) is 34.1 Å². The van der Waals surface area contributed by atoms with Crippen molar-refractivity contribution in [1.29, 1.82) is 0 Å². The van der Waals surface area contributed by atoms with Crippen LogP contribution in [-0.2, 0) is 27.2 Å². The summed E-state index contributed by atoms with van der Waals surface area (Å²) in [7, 11) is -6.62. The second-order valence-corrected chi connectivity index (χ2v) is 8.67. The molecule has 0 aromatic carbocycles. The van der Waals surface area contributed by atoms with Gasteiger partial charge in [-0.05, 0) is 34.1 Å². The third kappa shape index (κ3) is 3.24. The Hall–Kier alpha value is 0.300. The van der Waals surface area contributed by atoms with Gasteiger partial charge in [0.05, 0.1) is 26.0 Å². The molecule has 1 aliphatic heterocycles. The molecule has 18 heavy (non-hydrogen) atoms. The highest BCUT2D eigenvalue weighted by Crippen LogP contribution is 2.72. The van der Waals surface area contributed by atoms with Crippen LogP contribution in [0.4, 0.5) is 0 Å². The lowest BCUT2D eigenvalue weighted by Gasteiger charge is -2.31. The maximum absolute atomic E-state index is 12.7. The van der Waals surface area contributed by atoms with E-state index in [1.807, 2.05) is 0 Å². The molecule has 1 saturated heterocycles. The van der Waals surface area contributed by atoms with E-state index in [-0.39, 0.29) is 19.4 Å². The van der Waals surface area contributed by atoms with Gasteiger partial charge in [-0.15, -0.1) is 0 Å². The van der Waals surface area contributed by atoms with Gasteiger partial charge in [0.2, 0.25) is 0 Å². The Bertz CT molecular complexity index is 361. The quantitative estimate of drug-likeness (QED) is 0.669. The van der Waals surface area contributed by atoms with Gasteiger partial charge in [-0.25, -0.2) is 0 Å². The van der Waals surface area contributed by atoms with Crippen molar-refractivity contribution in [3.05, 3.63) is 0 Å². The average molecular weight is 300 g/mol. The molecule has 2 atom stereocenters. The first-order chi connectivity index (χ1) is 8.35. The van der Waals surface area contributed by atoms with Crippen LogP contribution in [0.2, 0.25) is 0 Å². The maximum atomic E-state index is 12.7. The van der Waals surface area contributed by atoms with Crippen LogP contribution >= 0.6 is 15.2 Å². The first-order valence-electron chi connectivity index (χ1n) is 6.18. The summed E-state index contributed by atoms with van der Waals surface area (Å²) in [5.41, 5.74) is 0. The highest BCUT2D eigenvalue weighted by Gasteiger charge is 2.57. The van der Waals surface area contributed by atoms with Crippen LogP contribution < -0.4 is 0 Å². The standard InChI is InChI=1S/C10H22O6P2/c1-5-13-17(11)9-8-10(4,16-17)18(12,14-6-2)15-7-3/h5-9H2,1-4H3. The number of hydrogen-bond acceptors (Lipinski definition) is 6. The van der Waals surface area contributed by atoms with E-state index in [1.54, 1.807) is 27.7 Å². The topological polar surface area (TPSA) is 71.1 Å². The Kier molecular flexibility index (Phi) is 5.60. The number of hydrogen-bond donors (Lipinski definition) is 0. The molecule has 2 unspecified atom stereocenters. The minimum absolute atomic E-state index is 0.238. The lowest BCUT2D eigenvalue weighted by atomic mass is 10.3. The fourth-order valence-corrected chi connectivity index (χ4v) is 6.55. The molecule has 0 amide bonds. The predicted molar refractivity (Wildman–Crippen MR) is 69.1 cm³/mol. The van der Waals surface area contributed by atoms with Gasteiger partial charge in [-0.2, -0.15) is 0 Å². The van der Waals surface area contributed by atoms with Gasteiger partial charge in [0.15, 0.2) is 5.34 Å². The first-order valence-corrected chi connectivity index (χ1v) is 9.45. The molecular weight excluding hydrogens is 278 g/mol. The highest BCUT2D eigenvalue weighted by molar-refractivity contribution is 7.59. The van der Waals surface area contributed by atoms with Crippen molar-refractivity contribution < 1.29 is 27.2 Å².